The normalized spacial score (nSPS) is 22.6. The highest BCUT2D eigenvalue weighted by atomic mass is 32.2. The van der Waals surface area contributed by atoms with E-state index >= 15 is 0 Å². The molecule has 0 aromatic heterocycles. The molecule has 1 aromatic rings. The van der Waals surface area contributed by atoms with Crippen LogP contribution in [0.2, 0.25) is 0 Å². The molecule has 3 rings (SSSR count). The largest absolute Gasteiger partial charge is 0.379 e. The lowest BCUT2D eigenvalue weighted by molar-refractivity contribution is -0.119. The van der Waals surface area contributed by atoms with Gasteiger partial charge in [-0.15, -0.1) is 0 Å². The number of ether oxygens (including phenoxy) is 2. The van der Waals surface area contributed by atoms with E-state index in [0.717, 1.165) is 44.2 Å². The third-order valence-electron chi connectivity index (χ3n) is 5.04. The summed E-state index contributed by atoms with van der Waals surface area (Å²) < 4.78 is 10.3. The zero-order valence-corrected chi connectivity index (χ0v) is 17.0. The number of carbonyl (C=O) groups is 2. The number of hydrogen-bond donors (Lipinski definition) is 3. The first-order valence-electron chi connectivity index (χ1n) is 9.46. The number of nitrogens with one attached hydrogen (secondary N) is 3. The molecule has 0 aliphatic carbocycles. The summed E-state index contributed by atoms with van der Waals surface area (Å²) in [6.45, 7) is 3.97. The van der Waals surface area contributed by atoms with Gasteiger partial charge >= 0.3 is 6.03 Å². The maximum Gasteiger partial charge on any atom is 0.319 e. The summed E-state index contributed by atoms with van der Waals surface area (Å²) in [5.41, 5.74) is 1.34. The van der Waals surface area contributed by atoms with Gasteiger partial charge in [-0.05, 0) is 36.4 Å². The van der Waals surface area contributed by atoms with Gasteiger partial charge in [-0.3, -0.25) is 9.69 Å². The fourth-order valence-electron chi connectivity index (χ4n) is 3.52. The monoisotopic (exact) mass is 408 g/mol. The van der Waals surface area contributed by atoms with Gasteiger partial charge in [0.1, 0.15) is 6.61 Å². The zero-order chi connectivity index (χ0) is 19.8. The second-order valence-corrected chi connectivity index (χ2v) is 8.10. The van der Waals surface area contributed by atoms with Crippen molar-refractivity contribution in [2.75, 3.05) is 68.7 Å². The summed E-state index contributed by atoms with van der Waals surface area (Å²) in [4.78, 5) is 26.4. The van der Waals surface area contributed by atoms with E-state index in [2.05, 4.69) is 20.9 Å². The van der Waals surface area contributed by atoms with Crippen molar-refractivity contribution in [3.05, 3.63) is 24.3 Å². The van der Waals surface area contributed by atoms with E-state index in [0.29, 0.717) is 17.9 Å². The lowest BCUT2D eigenvalue weighted by atomic mass is 9.95. The molecule has 3 amide bonds. The number of anilines is 2. The van der Waals surface area contributed by atoms with Crippen molar-refractivity contribution in [1.82, 2.24) is 10.2 Å². The lowest BCUT2D eigenvalue weighted by Gasteiger charge is -2.43. The summed E-state index contributed by atoms with van der Waals surface area (Å²) in [5, 5.41) is 8.61. The second kappa shape index (κ2) is 10.1. The van der Waals surface area contributed by atoms with Crippen LogP contribution in [0.1, 0.15) is 6.42 Å². The van der Waals surface area contributed by atoms with E-state index in [9.17, 15) is 9.59 Å². The highest BCUT2D eigenvalue weighted by Gasteiger charge is 2.40. The van der Waals surface area contributed by atoms with Crippen molar-refractivity contribution in [1.29, 1.82) is 0 Å². The third kappa shape index (κ3) is 5.60. The Morgan fingerprint density at radius 1 is 1.18 bits per heavy atom. The highest BCUT2D eigenvalue weighted by Crippen LogP contribution is 2.33. The lowest BCUT2D eigenvalue weighted by Crippen LogP contribution is -2.59. The predicted molar refractivity (Wildman–Crippen MR) is 111 cm³/mol. The summed E-state index contributed by atoms with van der Waals surface area (Å²) >= 11 is 1.94. The van der Waals surface area contributed by atoms with Crippen LogP contribution in [0.25, 0.3) is 0 Å². The molecule has 0 bridgehead atoms. The fourth-order valence-corrected chi connectivity index (χ4v) is 5.00. The van der Waals surface area contributed by atoms with Gasteiger partial charge in [-0.2, -0.15) is 11.8 Å². The maximum atomic E-state index is 12.4. The van der Waals surface area contributed by atoms with Gasteiger partial charge in [-0.1, -0.05) is 0 Å². The molecule has 0 saturated carbocycles. The van der Waals surface area contributed by atoms with Crippen LogP contribution < -0.4 is 16.0 Å². The molecule has 154 valence electrons. The average Bonchev–Trinajstić information content (AvgIpc) is 3.19. The first kappa shape index (κ1) is 20.9. The molecule has 0 radical (unpaired) electrons. The van der Waals surface area contributed by atoms with Crippen molar-refractivity contribution in [2.24, 2.45) is 0 Å². The molecule has 2 heterocycles. The van der Waals surface area contributed by atoms with E-state index in [-0.39, 0.29) is 24.1 Å². The van der Waals surface area contributed by atoms with Crippen LogP contribution in [0.3, 0.4) is 0 Å². The van der Waals surface area contributed by atoms with Crippen LogP contribution in [-0.4, -0.2) is 80.4 Å². The number of thioether (sulfide) groups is 1. The minimum absolute atomic E-state index is 0.00554. The second-order valence-electron chi connectivity index (χ2n) is 6.99. The van der Waals surface area contributed by atoms with E-state index in [1.807, 2.05) is 11.8 Å². The Hall–Kier alpha value is -1.81. The number of morpholine rings is 1. The number of rotatable bonds is 7. The van der Waals surface area contributed by atoms with Crippen molar-refractivity contribution in [3.63, 3.8) is 0 Å². The summed E-state index contributed by atoms with van der Waals surface area (Å²) in [7, 11) is 1.47. The molecule has 1 atom stereocenters. The van der Waals surface area contributed by atoms with Crippen LogP contribution in [0, 0.1) is 0 Å². The minimum atomic E-state index is -0.222. The first-order chi connectivity index (χ1) is 13.6. The van der Waals surface area contributed by atoms with Crippen molar-refractivity contribution < 1.29 is 19.1 Å². The smallest absolute Gasteiger partial charge is 0.319 e. The van der Waals surface area contributed by atoms with Crippen LogP contribution in [-0.2, 0) is 14.3 Å². The Balaban J connectivity index is 1.50. The average molecular weight is 409 g/mol. The molecule has 1 aromatic carbocycles. The molecule has 2 saturated heterocycles. The molecule has 28 heavy (non-hydrogen) atoms. The molecular weight excluding hydrogens is 380 g/mol. The molecule has 9 heteroatoms. The SMILES string of the molecule is COCC(=O)Nc1ccc(NC(=O)NCC2(N3CCOCC3)CCSC2)cc1. The number of urea groups is 1. The Kier molecular flexibility index (Phi) is 7.55. The number of carbonyl (C=O) groups excluding carboxylic acids is 2. The van der Waals surface area contributed by atoms with Gasteiger partial charge in [0.25, 0.3) is 0 Å². The summed E-state index contributed by atoms with van der Waals surface area (Å²) in [6.07, 6.45) is 1.08. The van der Waals surface area contributed by atoms with E-state index in [1.165, 1.54) is 7.11 Å². The van der Waals surface area contributed by atoms with Crippen molar-refractivity contribution in [3.8, 4) is 0 Å². The quantitative estimate of drug-likeness (QED) is 0.635. The molecule has 2 aliphatic rings. The van der Waals surface area contributed by atoms with Gasteiger partial charge in [0.15, 0.2) is 0 Å². The Morgan fingerprint density at radius 3 is 2.46 bits per heavy atom. The van der Waals surface area contributed by atoms with Crippen LogP contribution >= 0.6 is 11.8 Å². The summed E-state index contributed by atoms with van der Waals surface area (Å²) in [6, 6.07) is 6.77. The number of hydrogen-bond acceptors (Lipinski definition) is 6. The Labute approximate surface area is 169 Å². The minimum Gasteiger partial charge on any atom is -0.379 e. The molecule has 1 unspecified atom stereocenters. The van der Waals surface area contributed by atoms with Crippen molar-refractivity contribution in [2.45, 2.75) is 12.0 Å². The fraction of sp³-hybridized carbons (Fsp3) is 0.579. The topological polar surface area (TPSA) is 91.9 Å². The predicted octanol–water partition coefficient (Wildman–Crippen LogP) is 1.60. The summed E-state index contributed by atoms with van der Waals surface area (Å²) in [5.74, 6) is 1.93. The maximum absolute atomic E-state index is 12.4. The van der Waals surface area contributed by atoms with Gasteiger partial charge in [0.2, 0.25) is 5.91 Å². The number of methoxy groups -OCH3 is 1. The standard InChI is InChI=1S/C19H28N4O4S/c1-26-12-17(24)21-15-2-4-16(5-3-15)22-18(25)20-13-19(6-11-28-14-19)23-7-9-27-10-8-23/h2-5H,6-14H2,1H3,(H,21,24)(H2,20,22,25). The van der Waals surface area contributed by atoms with Crippen LogP contribution in [0.5, 0.6) is 0 Å². The molecule has 0 spiro atoms. The molecule has 3 N–H and O–H groups in total. The van der Waals surface area contributed by atoms with E-state index in [1.54, 1.807) is 24.3 Å². The van der Waals surface area contributed by atoms with Gasteiger partial charge < -0.3 is 25.4 Å². The molecule has 2 fully saturated rings. The number of benzene rings is 1. The van der Waals surface area contributed by atoms with Gasteiger partial charge in [-0.25, -0.2) is 4.79 Å². The molecule has 8 nitrogen and oxygen atoms in total. The van der Waals surface area contributed by atoms with Crippen LogP contribution in [0.15, 0.2) is 24.3 Å². The third-order valence-corrected chi connectivity index (χ3v) is 6.28. The first-order valence-corrected chi connectivity index (χ1v) is 10.6. The number of amides is 3. The van der Waals surface area contributed by atoms with Gasteiger partial charge in [0.05, 0.1) is 13.2 Å². The van der Waals surface area contributed by atoms with E-state index < -0.39 is 0 Å². The highest BCUT2D eigenvalue weighted by molar-refractivity contribution is 7.99. The zero-order valence-electron chi connectivity index (χ0n) is 16.2. The molecule has 2 aliphatic heterocycles. The van der Waals surface area contributed by atoms with E-state index in [4.69, 9.17) is 9.47 Å². The van der Waals surface area contributed by atoms with Gasteiger partial charge in [0, 0.05) is 49.4 Å². The van der Waals surface area contributed by atoms with Crippen LogP contribution in [0.4, 0.5) is 16.2 Å². The Bertz CT molecular complexity index is 658. The van der Waals surface area contributed by atoms with Crippen molar-refractivity contribution >= 4 is 35.1 Å². The number of nitrogens with zero attached hydrogens (tertiary/aromatic N) is 1. The Morgan fingerprint density at radius 2 is 1.86 bits per heavy atom. The molecular formula is C19H28N4O4S.